The average Bonchev–Trinajstić information content (AvgIpc) is 3.25. The highest BCUT2D eigenvalue weighted by Gasteiger charge is 2.54. The molecule has 0 spiro atoms. The van der Waals surface area contributed by atoms with Crippen LogP contribution in [0.5, 0.6) is 5.75 Å². The number of ether oxygens (including phenoxy) is 1. The summed E-state index contributed by atoms with van der Waals surface area (Å²) < 4.78 is 36.8. The molecule has 4 N–H and O–H groups in total. The number of carbonyl (C=O) groups excluding carboxylic acids is 1. The van der Waals surface area contributed by atoms with E-state index in [1.165, 1.54) is 23.4 Å². The first kappa shape index (κ1) is 27.2. The molecule has 0 aliphatic carbocycles. The molecule has 0 saturated carbocycles. The van der Waals surface area contributed by atoms with E-state index >= 15 is 0 Å². The Kier molecular flexibility index (Phi) is 7.47. The SMILES string of the molecule is C[C@H]1[C@H](NC(=O)/C(=N\OCCOc2ccc3c(c2)CC[N+](C)(C)C3)c2csc(N)n2)C[N+]1([O-])S(=O)(=O)O. The normalized spacial score (nSPS) is 25.1. The molecule has 1 saturated heterocycles. The van der Waals surface area contributed by atoms with E-state index in [4.69, 9.17) is 15.3 Å². The number of nitrogens with zero attached hydrogens (tertiary/aromatic N) is 4. The molecule has 0 radical (unpaired) electrons. The van der Waals surface area contributed by atoms with Gasteiger partial charge in [0.1, 0.15) is 43.2 Å². The molecule has 2 aliphatic heterocycles. The molecule has 37 heavy (non-hydrogen) atoms. The van der Waals surface area contributed by atoms with Crippen molar-refractivity contribution in [1.29, 1.82) is 0 Å². The summed E-state index contributed by atoms with van der Waals surface area (Å²) in [6, 6.07) is 4.12. The second kappa shape index (κ2) is 10.2. The fraction of sp³-hybridized carbons (Fsp3) is 0.500. The van der Waals surface area contributed by atoms with E-state index in [0.29, 0.717) is 0 Å². The number of nitrogen functional groups attached to an aromatic ring is 1. The largest absolute Gasteiger partial charge is 0.615 e. The maximum atomic E-state index is 12.9. The zero-order chi connectivity index (χ0) is 27.0. The van der Waals surface area contributed by atoms with Gasteiger partial charge in [0.05, 0.1) is 20.6 Å². The Labute approximate surface area is 219 Å². The molecular weight excluding hydrogens is 524 g/mol. The number of benzene rings is 1. The summed E-state index contributed by atoms with van der Waals surface area (Å²) >= 11 is 1.10. The van der Waals surface area contributed by atoms with Crippen LogP contribution in [0.4, 0.5) is 5.13 Å². The third-order valence-corrected chi connectivity index (χ3v) is 8.64. The third kappa shape index (κ3) is 5.86. The van der Waals surface area contributed by atoms with Crippen molar-refractivity contribution in [1.82, 2.24) is 10.3 Å². The number of oxime groups is 1. The smallest absolute Gasteiger partial charge is 0.433 e. The van der Waals surface area contributed by atoms with E-state index in [9.17, 15) is 23.0 Å². The highest BCUT2D eigenvalue weighted by molar-refractivity contribution is 7.80. The van der Waals surface area contributed by atoms with E-state index in [-0.39, 0.29) is 29.8 Å². The van der Waals surface area contributed by atoms with E-state index in [1.807, 2.05) is 12.1 Å². The minimum Gasteiger partial charge on any atom is -0.615 e. The monoisotopic (exact) mass is 555 g/mol. The Hall–Kier alpha value is -2.82. The van der Waals surface area contributed by atoms with Crippen LogP contribution >= 0.6 is 11.3 Å². The van der Waals surface area contributed by atoms with Gasteiger partial charge in [0.2, 0.25) is 0 Å². The predicted molar refractivity (Wildman–Crippen MR) is 137 cm³/mol. The molecule has 2 aliphatic rings. The number of likely N-dealkylation sites (N-methyl/N-ethyl adjacent to an activating group) is 1. The van der Waals surface area contributed by atoms with Crippen molar-refractivity contribution in [3.8, 4) is 5.75 Å². The van der Waals surface area contributed by atoms with Crippen LogP contribution in [0.25, 0.3) is 0 Å². The quantitative estimate of drug-likeness (QED) is 0.100. The number of hydroxylamine groups is 2. The van der Waals surface area contributed by atoms with Gasteiger partial charge in [-0.05, 0) is 30.7 Å². The number of nitrogens with two attached hydrogens (primary N) is 1. The average molecular weight is 556 g/mol. The van der Waals surface area contributed by atoms with Crippen molar-refractivity contribution in [2.45, 2.75) is 32.0 Å². The number of anilines is 1. The summed E-state index contributed by atoms with van der Waals surface area (Å²) in [5.74, 6) is 0.00137. The van der Waals surface area contributed by atoms with Gasteiger partial charge in [0.15, 0.2) is 17.5 Å². The Morgan fingerprint density at radius 2 is 2.11 bits per heavy atom. The van der Waals surface area contributed by atoms with Crippen LogP contribution in [-0.2, 0) is 32.9 Å². The van der Waals surface area contributed by atoms with Gasteiger partial charge in [-0.2, -0.15) is 0 Å². The van der Waals surface area contributed by atoms with E-state index in [1.54, 1.807) is 0 Å². The van der Waals surface area contributed by atoms with Crippen LogP contribution in [0.3, 0.4) is 0 Å². The van der Waals surface area contributed by atoms with Gasteiger partial charge in [-0.1, -0.05) is 5.16 Å². The summed E-state index contributed by atoms with van der Waals surface area (Å²) in [5.41, 5.74) is 8.26. The maximum Gasteiger partial charge on any atom is 0.433 e. The predicted octanol–water partition coefficient (Wildman–Crippen LogP) is 0.662. The summed E-state index contributed by atoms with van der Waals surface area (Å²) in [4.78, 5) is 22.3. The highest BCUT2D eigenvalue weighted by Crippen LogP contribution is 2.31. The molecule has 202 valence electrons. The van der Waals surface area contributed by atoms with Crippen LogP contribution in [0.1, 0.15) is 23.7 Å². The zero-order valence-corrected chi connectivity index (χ0v) is 22.4. The Morgan fingerprint density at radius 1 is 1.35 bits per heavy atom. The molecule has 1 aromatic carbocycles. The van der Waals surface area contributed by atoms with E-state index < -0.39 is 38.9 Å². The molecule has 13 nitrogen and oxygen atoms in total. The minimum atomic E-state index is -4.87. The first-order valence-corrected chi connectivity index (χ1v) is 13.9. The van der Waals surface area contributed by atoms with Crippen molar-refractivity contribution < 1.29 is 35.9 Å². The summed E-state index contributed by atoms with van der Waals surface area (Å²) in [7, 11) is -0.452. The molecule has 3 heterocycles. The number of hydrogen-bond donors (Lipinski definition) is 3. The lowest BCUT2D eigenvalue weighted by molar-refractivity contribution is -0.905. The summed E-state index contributed by atoms with van der Waals surface area (Å²) in [5, 5.41) is 20.5. The zero-order valence-electron chi connectivity index (χ0n) is 20.8. The Balaban J connectivity index is 1.35. The van der Waals surface area contributed by atoms with Gasteiger partial charge in [0.25, 0.3) is 5.91 Å². The molecule has 15 heteroatoms. The molecule has 1 aromatic heterocycles. The molecule has 1 unspecified atom stereocenters. The van der Waals surface area contributed by atoms with Crippen molar-refractivity contribution >= 4 is 38.4 Å². The van der Waals surface area contributed by atoms with Crippen molar-refractivity contribution in [2.24, 2.45) is 5.16 Å². The Bertz CT molecular complexity index is 1310. The molecule has 0 bridgehead atoms. The fourth-order valence-corrected chi connectivity index (χ4v) is 5.85. The first-order valence-electron chi connectivity index (χ1n) is 11.6. The topological polar surface area (TPSA) is 176 Å². The van der Waals surface area contributed by atoms with Crippen LogP contribution in [0, 0.1) is 5.21 Å². The summed E-state index contributed by atoms with van der Waals surface area (Å²) in [6.07, 6.45) is 0.978. The van der Waals surface area contributed by atoms with Gasteiger partial charge in [-0.25, -0.2) is 13.6 Å². The first-order chi connectivity index (χ1) is 17.3. The second-order valence-corrected chi connectivity index (χ2v) is 12.3. The molecular formula is C22H31N6O7S2+. The lowest BCUT2D eigenvalue weighted by Gasteiger charge is -2.54. The number of amides is 1. The van der Waals surface area contributed by atoms with Gasteiger partial charge >= 0.3 is 10.3 Å². The van der Waals surface area contributed by atoms with E-state index in [2.05, 4.69) is 35.6 Å². The minimum absolute atomic E-state index is 0.0422. The number of aromatic nitrogens is 1. The number of carbonyl (C=O) groups is 1. The van der Waals surface area contributed by atoms with Gasteiger partial charge in [0, 0.05) is 17.4 Å². The number of nitrogens with one attached hydrogen (secondary N) is 1. The lowest BCUT2D eigenvalue weighted by Crippen LogP contribution is -2.75. The van der Waals surface area contributed by atoms with Crippen molar-refractivity contribution in [2.75, 3.05) is 46.1 Å². The Morgan fingerprint density at radius 3 is 2.76 bits per heavy atom. The summed E-state index contributed by atoms with van der Waals surface area (Å²) in [6.45, 7) is 3.04. The van der Waals surface area contributed by atoms with Crippen LogP contribution in [0.15, 0.2) is 28.7 Å². The lowest BCUT2D eigenvalue weighted by atomic mass is 9.98. The molecule has 1 fully saturated rings. The third-order valence-electron chi connectivity index (χ3n) is 6.70. The van der Waals surface area contributed by atoms with Crippen LogP contribution in [0.2, 0.25) is 0 Å². The highest BCUT2D eigenvalue weighted by atomic mass is 32.2. The van der Waals surface area contributed by atoms with E-state index in [0.717, 1.165) is 41.1 Å². The van der Waals surface area contributed by atoms with Gasteiger partial charge < -0.3 is 30.3 Å². The molecule has 2 aromatic rings. The number of fused-ring (bicyclic) bond motifs is 1. The van der Waals surface area contributed by atoms with Crippen molar-refractivity contribution in [3.05, 3.63) is 45.6 Å². The molecule has 3 atom stereocenters. The number of hydrogen-bond acceptors (Lipinski definition) is 10. The van der Waals surface area contributed by atoms with Crippen LogP contribution in [-0.4, -0.2) is 90.6 Å². The fourth-order valence-electron chi connectivity index (χ4n) is 4.39. The number of quaternary nitrogens is 2. The molecule has 4 rings (SSSR count). The maximum absolute atomic E-state index is 12.9. The van der Waals surface area contributed by atoms with Gasteiger partial charge in [-0.15, -0.1) is 19.8 Å². The molecule has 1 amide bonds. The second-order valence-electron chi connectivity index (χ2n) is 9.87. The number of rotatable bonds is 9. The standard InChI is InChI=1S/C22H30N6O7S2/c1-14-18(12-28(14,30)37(31,32)33)24-21(29)20(19-13-36-22(23)25-19)26-35-9-8-34-17-5-4-16-11-27(2,3)7-6-15(16)10-17/h4-5,10,13-14,18H,6-9,11-12H2,1-3H3,(H3-,23,24,25,29,31,32,33)/p+1/b26-20-/t14-,18+,28?/m0/s1. The van der Waals surface area contributed by atoms with Crippen LogP contribution < -0.4 is 15.8 Å². The van der Waals surface area contributed by atoms with Crippen molar-refractivity contribution in [3.63, 3.8) is 0 Å². The number of thiazole rings is 1. The van der Waals surface area contributed by atoms with Gasteiger partial charge in [-0.3, -0.25) is 4.79 Å².